The molecule has 1 atom stereocenters. The summed E-state index contributed by atoms with van der Waals surface area (Å²) in [5, 5.41) is 22.2. The molecule has 0 radical (unpaired) electrons. The van der Waals surface area contributed by atoms with Crippen molar-refractivity contribution in [1.29, 1.82) is 0 Å². The summed E-state index contributed by atoms with van der Waals surface area (Å²) in [7, 11) is 0. The predicted octanol–water partition coefficient (Wildman–Crippen LogP) is 6.30. The van der Waals surface area contributed by atoms with E-state index in [9.17, 15) is 24.6 Å². The number of carbonyl (C=O) groups excluding carboxylic acids is 2. The predicted molar refractivity (Wildman–Crippen MR) is 171 cm³/mol. The smallest absolute Gasteiger partial charge is 0.404 e. The van der Waals surface area contributed by atoms with Crippen LogP contribution in [-0.2, 0) is 13.0 Å². The van der Waals surface area contributed by atoms with Crippen LogP contribution in [0, 0.1) is 6.92 Å². The van der Waals surface area contributed by atoms with E-state index in [1.165, 1.54) is 12.1 Å². The number of aromatic nitrogens is 1. The first-order valence-electron chi connectivity index (χ1n) is 14.6. The quantitative estimate of drug-likeness (QED) is 0.203. The van der Waals surface area contributed by atoms with Crippen LogP contribution in [0.1, 0.15) is 37.5 Å². The van der Waals surface area contributed by atoms with Gasteiger partial charge in [-0.1, -0.05) is 60.7 Å². The molecule has 3 N–H and O–H groups in total. The molecule has 0 aliphatic carbocycles. The topological polar surface area (TPSA) is 115 Å². The van der Waals surface area contributed by atoms with Gasteiger partial charge in [0.05, 0.1) is 22.9 Å². The molecular weight excluding hydrogens is 568 g/mol. The number of amides is 3. The molecule has 4 aromatic carbocycles. The van der Waals surface area contributed by atoms with Gasteiger partial charge in [-0.15, -0.1) is 0 Å². The Hall–Kier alpha value is -5.83. The number of phenolic OH excluding ortho intramolecular Hbond substituents is 1. The lowest BCUT2D eigenvalue weighted by Gasteiger charge is -2.37. The van der Waals surface area contributed by atoms with Gasteiger partial charge < -0.3 is 25.0 Å². The maximum absolute atomic E-state index is 14.3. The first-order chi connectivity index (χ1) is 21.8. The standard InChI is InChI=1S/C36H32N4O5/c1-24-18-27(34(42)40(28-12-4-2-5-13-28)29-14-6-3-7-15-29)23-38(24)33-20-31(41)16-17-32(33)35(43)39-22-26-11-9-8-10-25(26)19-30(39)21-37-36(44)45/h2-18,20,23,30,37,41H,19,21-22H2,1H3,(H,44,45)/t30-/m0/s1. The van der Waals surface area contributed by atoms with Crippen molar-refractivity contribution in [2.24, 2.45) is 0 Å². The lowest BCUT2D eigenvalue weighted by atomic mass is 9.93. The summed E-state index contributed by atoms with van der Waals surface area (Å²) in [6.07, 6.45) is 1.01. The van der Waals surface area contributed by atoms with Crippen LogP contribution in [0.2, 0.25) is 0 Å². The molecule has 45 heavy (non-hydrogen) atoms. The van der Waals surface area contributed by atoms with Gasteiger partial charge in [0.15, 0.2) is 0 Å². The van der Waals surface area contributed by atoms with Crippen LogP contribution < -0.4 is 10.2 Å². The summed E-state index contributed by atoms with van der Waals surface area (Å²) in [6, 6.07) is 32.4. The molecule has 3 amide bonds. The molecule has 1 aliphatic rings. The lowest BCUT2D eigenvalue weighted by Crippen LogP contribution is -2.50. The monoisotopic (exact) mass is 600 g/mol. The van der Waals surface area contributed by atoms with Crippen LogP contribution in [0.25, 0.3) is 5.69 Å². The van der Waals surface area contributed by atoms with Gasteiger partial charge >= 0.3 is 6.09 Å². The molecule has 2 heterocycles. The van der Waals surface area contributed by atoms with Crippen molar-refractivity contribution in [2.45, 2.75) is 25.9 Å². The number of hydrogen-bond acceptors (Lipinski definition) is 4. The number of carbonyl (C=O) groups is 3. The van der Waals surface area contributed by atoms with E-state index < -0.39 is 12.1 Å². The zero-order chi connectivity index (χ0) is 31.5. The molecule has 5 aromatic rings. The molecule has 1 aliphatic heterocycles. The molecule has 226 valence electrons. The molecule has 0 bridgehead atoms. The number of aromatic hydroxyl groups is 1. The van der Waals surface area contributed by atoms with E-state index >= 15 is 0 Å². The number of phenols is 1. The van der Waals surface area contributed by atoms with Crippen molar-refractivity contribution < 1.29 is 24.6 Å². The van der Waals surface area contributed by atoms with Crippen molar-refractivity contribution in [3.63, 3.8) is 0 Å². The Bertz CT molecular complexity index is 1830. The first kappa shape index (κ1) is 29.3. The highest BCUT2D eigenvalue weighted by molar-refractivity contribution is 6.11. The summed E-state index contributed by atoms with van der Waals surface area (Å²) >= 11 is 0. The molecule has 9 heteroatoms. The highest BCUT2D eigenvalue weighted by atomic mass is 16.4. The number of para-hydroxylation sites is 2. The zero-order valence-electron chi connectivity index (χ0n) is 24.6. The number of benzene rings is 4. The van der Waals surface area contributed by atoms with Gasteiger partial charge in [0.25, 0.3) is 11.8 Å². The molecule has 0 fully saturated rings. The summed E-state index contributed by atoms with van der Waals surface area (Å²) in [5.74, 6) is -0.603. The van der Waals surface area contributed by atoms with Crippen LogP contribution >= 0.6 is 0 Å². The molecule has 9 nitrogen and oxygen atoms in total. The van der Waals surface area contributed by atoms with Gasteiger partial charge in [-0.05, 0) is 66.9 Å². The Labute approximate surface area is 260 Å². The fourth-order valence-corrected chi connectivity index (χ4v) is 5.88. The SMILES string of the molecule is Cc1cc(C(=O)N(c2ccccc2)c2ccccc2)cn1-c1cc(O)ccc1C(=O)N1Cc2ccccc2C[C@H]1CNC(=O)O. The number of anilines is 2. The Morgan fingerprint density at radius 3 is 2.11 bits per heavy atom. The first-order valence-corrected chi connectivity index (χ1v) is 14.6. The van der Waals surface area contributed by atoms with Crippen molar-refractivity contribution in [1.82, 2.24) is 14.8 Å². The molecule has 6 rings (SSSR count). The fraction of sp³-hybridized carbons (Fsp3) is 0.139. The van der Waals surface area contributed by atoms with Gasteiger partial charge in [0.1, 0.15) is 5.75 Å². The van der Waals surface area contributed by atoms with E-state index in [1.807, 2.05) is 91.9 Å². The lowest BCUT2D eigenvalue weighted by molar-refractivity contribution is 0.0636. The number of fused-ring (bicyclic) bond motifs is 1. The third-order valence-electron chi connectivity index (χ3n) is 8.07. The number of nitrogens with one attached hydrogen (secondary N) is 1. The molecular formula is C36H32N4O5. The Kier molecular flexibility index (Phi) is 8.07. The van der Waals surface area contributed by atoms with Crippen LogP contribution in [0.15, 0.2) is 115 Å². The second-order valence-corrected chi connectivity index (χ2v) is 11.0. The van der Waals surface area contributed by atoms with Crippen LogP contribution in [0.4, 0.5) is 16.2 Å². The number of hydrogen-bond donors (Lipinski definition) is 3. The number of carboxylic acid groups (broad SMARTS) is 1. The van der Waals surface area contributed by atoms with E-state index in [4.69, 9.17) is 0 Å². The number of nitrogens with zero attached hydrogens (tertiary/aromatic N) is 3. The van der Waals surface area contributed by atoms with E-state index in [1.54, 1.807) is 32.7 Å². The number of aryl methyl sites for hydroxylation is 1. The van der Waals surface area contributed by atoms with Gasteiger partial charge in [-0.25, -0.2) is 4.79 Å². The van der Waals surface area contributed by atoms with Crippen molar-refractivity contribution in [2.75, 3.05) is 11.4 Å². The highest BCUT2D eigenvalue weighted by Gasteiger charge is 2.32. The third kappa shape index (κ3) is 6.01. The van der Waals surface area contributed by atoms with Crippen molar-refractivity contribution >= 4 is 29.3 Å². The fourth-order valence-electron chi connectivity index (χ4n) is 5.88. The average molecular weight is 601 g/mol. The Balaban J connectivity index is 1.38. The average Bonchev–Trinajstić information content (AvgIpc) is 3.45. The Morgan fingerprint density at radius 2 is 1.47 bits per heavy atom. The van der Waals surface area contributed by atoms with E-state index in [2.05, 4.69) is 5.32 Å². The normalized spacial score (nSPS) is 14.0. The third-order valence-corrected chi connectivity index (χ3v) is 8.07. The maximum Gasteiger partial charge on any atom is 0.404 e. The molecule has 0 spiro atoms. The minimum atomic E-state index is -1.16. The van der Waals surface area contributed by atoms with Crippen molar-refractivity contribution in [3.8, 4) is 11.4 Å². The van der Waals surface area contributed by atoms with Crippen LogP contribution in [-0.4, -0.2) is 50.2 Å². The number of rotatable bonds is 7. The van der Waals surface area contributed by atoms with E-state index in [0.29, 0.717) is 46.8 Å². The minimum Gasteiger partial charge on any atom is -0.508 e. The van der Waals surface area contributed by atoms with Crippen LogP contribution in [0.5, 0.6) is 5.75 Å². The van der Waals surface area contributed by atoms with E-state index in [-0.39, 0.29) is 24.1 Å². The summed E-state index contributed by atoms with van der Waals surface area (Å²) in [4.78, 5) is 43.0. The molecule has 1 aromatic heterocycles. The summed E-state index contributed by atoms with van der Waals surface area (Å²) < 4.78 is 1.73. The minimum absolute atomic E-state index is 0.0363. The largest absolute Gasteiger partial charge is 0.508 e. The van der Waals surface area contributed by atoms with Gasteiger partial charge in [0.2, 0.25) is 0 Å². The second kappa shape index (κ2) is 12.4. The van der Waals surface area contributed by atoms with Gasteiger partial charge in [0, 0.05) is 42.4 Å². The second-order valence-electron chi connectivity index (χ2n) is 11.0. The van der Waals surface area contributed by atoms with Gasteiger partial charge in [-0.3, -0.25) is 14.5 Å². The van der Waals surface area contributed by atoms with Gasteiger partial charge in [-0.2, -0.15) is 0 Å². The highest BCUT2D eigenvalue weighted by Crippen LogP contribution is 2.31. The van der Waals surface area contributed by atoms with E-state index in [0.717, 1.165) is 11.1 Å². The van der Waals surface area contributed by atoms with Crippen LogP contribution in [0.3, 0.4) is 0 Å². The molecule has 0 saturated heterocycles. The Morgan fingerprint density at radius 1 is 0.844 bits per heavy atom. The van der Waals surface area contributed by atoms with Crippen molar-refractivity contribution in [3.05, 3.63) is 143 Å². The zero-order valence-corrected chi connectivity index (χ0v) is 24.6. The summed E-state index contributed by atoms with van der Waals surface area (Å²) in [6.45, 7) is 2.21. The maximum atomic E-state index is 14.3. The molecule has 0 saturated carbocycles. The molecule has 0 unspecified atom stereocenters. The summed E-state index contributed by atoms with van der Waals surface area (Å²) in [5.41, 5.74) is 5.28.